The Kier molecular flexibility index (Phi) is 4.98. The molecule has 2 N–H and O–H groups in total. The second kappa shape index (κ2) is 7.22. The van der Waals surface area contributed by atoms with Gasteiger partial charge in [-0.2, -0.15) is 13.2 Å². The number of hydrogen-bond acceptors (Lipinski definition) is 4. The van der Waals surface area contributed by atoms with E-state index in [-0.39, 0.29) is 5.69 Å². The van der Waals surface area contributed by atoms with Crippen molar-refractivity contribution in [2.75, 3.05) is 17.2 Å². The van der Waals surface area contributed by atoms with E-state index in [4.69, 9.17) is 0 Å². The van der Waals surface area contributed by atoms with E-state index in [2.05, 4.69) is 20.6 Å². The number of anilines is 2. The summed E-state index contributed by atoms with van der Waals surface area (Å²) in [4.78, 5) is 21.1. The lowest BCUT2D eigenvalue weighted by Gasteiger charge is -2.12. The standard InChI is InChI=1S/C19H17F3N4O/c1-3-23-17-14-8-11(2)9-15(16(14)24-10-25-17)18(27)26-13-6-4-12(5-7-13)19(20,21)22/h4-10H,3H2,1-2H3,(H,26,27)(H,23,24,25). The number of alkyl halides is 3. The number of halogens is 3. The van der Waals surface area contributed by atoms with Gasteiger partial charge in [0.1, 0.15) is 12.1 Å². The molecule has 8 heteroatoms. The summed E-state index contributed by atoms with van der Waals surface area (Å²) >= 11 is 0. The Morgan fingerprint density at radius 1 is 1.11 bits per heavy atom. The molecule has 3 rings (SSSR count). The summed E-state index contributed by atoms with van der Waals surface area (Å²) in [6, 6.07) is 7.85. The third-order valence-corrected chi connectivity index (χ3v) is 3.94. The van der Waals surface area contributed by atoms with E-state index in [1.165, 1.54) is 18.5 Å². The predicted molar refractivity (Wildman–Crippen MR) is 97.8 cm³/mol. The van der Waals surface area contributed by atoms with Crippen molar-refractivity contribution >= 4 is 28.3 Å². The molecule has 0 atom stereocenters. The summed E-state index contributed by atoms with van der Waals surface area (Å²) in [7, 11) is 0. The molecule has 27 heavy (non-hydrogen) atoms. The van der Waals surface area contributed by atoms with E-state index < -0.39 is 17.6 Å². The molecule has 1 heterocycles. The molecule has 0 radical (unpaired) electrons. The molecule has 2 aromatic carbocycles. The fourth-order valence-corrected chi connectivity index (χ4v) is 2.73. The molecule has 0 saturated carbocycles. The number of nitrogens with zero attached hydrogens (tertiary/aromatic N) is 2. The van der Waals surface area contributed by atoms with Crippen LogP contribution in [0.25, 0.3) is 10.9 Å². The number of carbonyl (C=O) groups is 1. The van der Waals surface area contributed by atoms with Crippen LogP contribution in [-0.2, 0) is 6.18 Å². The lowest BCUT2D eigenvalue weighted by molar-refractivity contribution is -0.137. The van der Waals surface area contributed by atoms with Crippen molar-refractivity contribution in [3.05, 3.63) is 59.4 Å². The van der Waals surface area contributed by atoms with Crippen molar-refractivity contribution in [2.45, 2.75) is 20.0 Å². The molecular formula is C19H17F3N4O. The van der Waals surface area contributed by atoms with Gasteiger partial charge in [0.25, 0.3) is 5.91 Å². The van der Waals surface area contributed by atoms with E-state index >= 15 is 0 Å². The van der Waals surface area contributed by atoms with Crippen molar-refractivity contribution in [3.8, 4) is 0 Å². The van der Waals surface area contributed by atoms with Crippen LogP contribution >= 0.6 is 0 Å². The average Bonchev–Trinajstić information content (AvgIpc) is 2.61. The van der Waals surface area contributed by atoms with Gasteiger partial charge in [-0.1, -0.05) is 0 Å². The van der Waals surface area contributed by atoms with Gasteiger partial charge >= 0.3 is 6.18 Å². The monoisotopic (exact) mass is 374 g/mol. The maximum atomic E-state index is 12.7. The minimum absolute atomic E-state index is 0.267. The first-order valence-corrected chi connectivity index (χ1v) is 8.27. The van der Waals surface area contributed by atoms with Crippen molar-refractivity contribution in [1.82, 2.24) is 9.97 Å². The van der Waals surface area contributed by atoms with Gasteiger partial charge in [0.2, 0.25) is 0 Å². The fourth-order valence-electron chi connectivity index (χ4n) is 2.73. The summed E-state index contributed by atoms with van der Waals surface area (Å²) in [6.07, 6.45) is -3.06. The van der Waals surface area contributed by atoms with E-state index in [0.717, 1.165) is 17.7 Å². The van der Waals surface area contributed by atoms with Crippen LogP contribution in [0.1, 0.15) is 28.4 Å². The maximum Gasteiger partial charge on any atom is 0.416 e. The van der Waals surface area contributed by atoms with Crippen LogP contribution in [0.3, 0.4) is 0 Å². The Morgan fingerprint density at radius 2 is 1.81 bits per heavy atom. The largest absolute Gasteiger partial charge is 0.416 e. The first-order chi connectivity index (χ1) is 12.8. The normalized spacial score (nSPS) is 11.4. The predicted octanol–water partition coefficient (Wildman–Crippen LogP) is 4.64. The highest BCUT2D eigenvalue weighted by atomic mass is 19.4. The third kappa shape index (κ3) is 3.99. The fraction of sp³-hybridized carbons (Fsp3) is 0.211. The van der Waals surface area contributed by atoms with Crippen LogP contribution < -0.4 is 10.6 Å². The Balaban J connectivity index is 1.95. The third-order valence-electron chi connectivity index (χ3n) is 3.94. The molecule has 0 aliphatic carbocycles. The molecule has 0 aliphatic rings. The Hall–Kier alpha value is -3.16. The van der Waals surface area contributed by atoms with Crippen molar-refractivity contribution in [2.24, 2.45) is 0 Å². The second-order valence-corrected chi connectivity index (χ2v) is 5.99. The number of nitrogens with one attached hydrogen (secondary N) is 2. The molecule has 1 aromatic heterocycles. The number of aryl methyl sites for hydroxylation is 1. The summed E-state index contributed by atoms with van der Waals surface area (Å²) in [6.45, 7) is 4.44. The number of benzene rings is 2. The highest BCUT2D eigenvalue weighted by Crippen LogP contribution is 2.30. The molecule has 0 fully saturated rings. The zero-order chi connectivity index (χ0) is 19.6. The molecule has 3 aromatic rings. The van der Waals surface area contributed by atoms with Crippen LogP contribution in [-0.4, -0.2) is 22.4 Å². The zero-order valence-corrected chi connectivity index (χ0v) is 14.7. The topological polar surface area (TPSA) is 66.9 Å². The van der Waals surface area contributed by atoms with Gasteiger partial charge in [-0.15, -0.1) is 0 Å². The molecule has 0 unspecified atom stereocenters. The second-order valence-electron chi connectivity index (χ2n) is 5.99. The van der Waals surface area contributed by atoms with Gasteiger partial charge in [-0.25, -0.2) is 9.97 Å². The molecule has 140 valence electrons. The zero-order valence-electron chi connectivity index (χ0n) is 14.7. The summed E-state index contributed by atoms with van der Waals surface area (Å²) in [5.74, 6) is 0.166. The summed E-state index contributed by atoms with van der Waals surface area (Å²) in [5, 5.41) is 6.45. The number of carbonyl (C=O) groups excluding carboxylic acids is 1. The van der Waals surface area contributed by atoms with Gasteiger partial charge in [-0.3, -0.25) is 4.79 Å². The first-order valence-electron chi connectivity index (χ1n) is 8.27. The van der Waals surface area contributed by atoms with E-state index in [0.29, 0.717) is 28.8 Å². The maximum absolute atomic E-state index is 12.7. The van der Waals surface area contributed by atoms with Crippen LogP contribution in [0.15, 0.2) is 42.7 Å². The molecule has 5 nitrogen and oxygen atoms in total. The van der Waals surface area contributed by atoms with Crippen LogP contribution in [0.4, 0.5) is 24.7 Å². The molecule has 0 aliphatic heterocycles. The number of rotatable bonds is 4. The average molecular weight is 374 g/mol. The number of hydrogen-bond donors (Lipinski definition) is 2. The van der Waals surface area contributed by atoms with E-state index in [9.17, 15) is 18.0 Å². The highest BCUT2D eigenvalue weighted by Gasteiger charge is 2.30. The van der Waals surface area contributed by atoms with Gasteiger partial charge in [-0.05, 0) is 55.8 Å². The van der Waals surface area contributed by atoms with Gasteiger partial charge in [0.15, 0.2) is 0 Å². The van der Waals surface area contributed by atoms with Crippen molar-refractivity contribution in [3.63, 3.8) is 0 Å². The van der Waals surface area contributed by atoms with E-state index in [1.54, 1.807) is 6.07 Å². The molecule has 1 amide bonds. The summed E-state index contributed by atoms with van der Waals surface area (Å²) < 4.78 is 38.0. The van der Waals surface area contributed by atoms with Gasteiger partial charge < -0.3 is 10.6 Å². The van der Waals surface area contributed by atoms with E-state index in [1.807, 2.05) is 19.9 Å². The first kappa shape index (κ1) is 18.6. The van der Waals surface area contributed by atoms with Gasteiger partial charge in [0.05, 0.1) is 16.6 Å². The van der Waals surface area contributed by atoms with Crippen molar-refractivity contribution < 1.29 is 18.0 Å². The molecule has 0 spiro atoms. The molecular weight excluding hydrogens is 357 g/mol. The molecule has 0 bridgehead atoms. The van der Waals surface area contributed by atoms with Crippen molar-refractivity contribution in [1.29, 1.82) is 0 Å². The number of aromatic nitrogens is 2. The Morgan fingerprint density at radius 3 is 2.44 bits per heavy atom. The number of amides is 1. The van der Waals surface area contributed by atoms with Crippen LogP contribution in [0, 0.1) is 6.92 Å². The highest BCUT2D eigenvalue weighted by molar-refractivity contribution is 6.13. The smallest absolute Gasteiger partial charge is 0.370 e. The molecule has 0 saturated heterocycles. The number of fused-ring (bicyclic) bond motifs is 1. The minimum atomic E-state index is -4.42. The lowest BCUT2D eigenvalue weighted by atomic mass is 10.1. The minimum Gasteiger partial charge on any atom is -0.370 e. The Labute approximate surface area is 153 Å². The SMILES string of the molecule is CCNc1ncnc2c(C(=O)Nc3ccc(C(F)(F)F)cc3)cc(C)cc12. The van der Waals surface area contributed by atoms with Crippen LogP contribution in [0.5, 0.6) is 0 Å². The summed E-state index contributed by atoms with van der Waals surface area (Å²) in [5.41, 5.74) is 1.13. The quantitative estimate of drug-likeness (QED) is 0.698. The Bertz CT molecular complexity index is 985. The lowest BCUT2D eigenvalue weighted by Crippen LogP contribution is -2.14. The van der Waals surface area contributed by atoms with Gasteiger partial charge in [0, 0.05) is 17.6 Å². The van der Waals surface area contributed by atoms with Crippen LogP contribution in [0.2, 0.25) is 0 Å².